The van der Waals surface area contributed by atoms with Gasteiger partial charge in [-0.15, -0.1) is 0 Å². The number of carbonyl (C=O) groups excluding carboxylic acids is 3. The summed E-state index contributed by atoms with van der Waals surface area (Å²) in [4.78, 5) is 44.1. The molecule has 0 bridgehead atoms. The van der Waals surface area contributed by atoms with Gasteiger partial charge in [0.15, 0.2) is 0 Å². The maximum atomic E-state index is 12.7. The number of carbonyl (C=O) groups is 3. The normalized spacial score (nSPS) is 18.5. The molecule has 2 fully saturated rings. The van der Waals surface area contributed by atoms with Gasteiger partial charge in [-0.05, 0) is 38.8 Å². The summed E-state index contributed by atoms with van der Waals surface area (Å²) in [7, 11) is 0. The van der Waals surface area contributed by atoms with E-state index < -0.39 is 5.54 Å². The molecule has 2 heterocycles. The Morgan fingerprint density at radius 2 is 1.85 bits per heavy atom. The molecule has 3 N–H and O–H groups in total. The van der Waals surface area contributed by atoms with Gasteiger partial charge in [0.1, 0.15) is 5.82 Å². The lowest BCUT2D eigenvalue weighted by Crippen LogP contribution is -2.60. The van der Waals surface area contributed by atoms with E-state index in [1.165, 1.54) is 6.20 Å². The van der Waals surface area contributed by atoms with Crippen molar-refractivity contribution in [3.63, 3.8) is 0 Å². The van der Waals surface area contributed by atoms with E-state index in [4.69, 9.17) is 5.73 Å². The first kappa shape index (κ1) is 18.3. The molecule has 0 atom stereocenters. The van der Waals surface area contributed by atoms with Gasteiger partial charge in [-0.3, -0.25) is 19.3 Å². The number of primary amides is 1. The molecule has 1 aliphatic carbocycles. The van der Waals surface area contributed by atoms with E-state index in [9.17, 15) is 14.4 Å². The highest BCUT2D eigenvalue weighted by atomic mass is 16.2. The highest BCUT2D eigenvalue weighted by molar-refractivity contribution is 5.97. The number of rotatable bonds is 5. The second-order valence-electron chi connectivity index (χ2n) is 7.40. The van der Waals surface area contributed by atoms with Gasteiger partial charge in [-0.25, -0.2) is 4.98 Å². The van der Waals surface area contributed by atoms with Crippen molar-refractivity contribution in [1.82, 2.24) is 14.8 Å². The quantitative estimate of drug-likeness (QED) is 0.793. The lowest BCUT2D eigenvalue weighted by molar-refractivity contribution is -0.129. The van der Waals surface area contributed by atoms with Crippen LogP contribution < -0.4 is 11.1 Å². The van der Waals surface area contributed by atoms with Gasteiger partial charge >= 0.3 is 0 Å². The van der Waals surface area contributed by atoms with Crippen molar-refractivity contribution in [3.05, 3.63) is 23.9 Å². The Labute approximate surface area is 152 Å². The summed E-state index contributed by atoms with van der Waals surface area (Å²) >= 11 is 0. The third kappa shape index (κ3) is 3.85. The van der Waals surface area contributed by atoms with Crippen molar-refractivity contribution in [2.45, 2.75) is 32.2 Å². The summed E-state index contributed by atoms with van der Waals surface area (Å²) in [5.41, 5.74) is 5.23. The molecular weight excluding hydrogens is 334 g/mol. The zero-order valence-electron chi connectivity index (χ0n) is 15.2. The molecular formula is C18H25N5O3. The fourth-order valence-corrected chi connectivity index (χ4v) is 3.01. The second kappa shape index (κ2) is 7.03. The number of hydrogen-bond donors (Lipinski definition) is 2. The van der Waals surface area contributed by atoms with Crippen LogP contribution in [0.4, 0.5) is 5.82 Å². The van der Waals surface area contributed by atoms with Gasteiger partial charge in [-0.1, -0.05) is 0 Å². The molecule has 0 unspecified atom stereocenters. The maximum Gasteiger partial charge on any atom is 0.254 e. The van der Waals surface area contributed by atoms with Crippen molar-refractivity contribution in [3.8, 4) is 0 Å². The number of nitrogens with one attached hydrogen (secondary N) is 1. The summed E-state index contributed by atoms with van der Waals surface area (Å²) in [6.07, 6.45) is 3.36. The third-order valence-corrected chi connectivity index (χ3v) is 5.17. The van der Waals surface area contributed by atoms with E-state index in [1.54, 1.807) is 30.9 Å². The standard InChI is InChI=1S/C18H25N5O3/c1-18(2,17(19)26)23-9-7-22(8-10-23)16(25)13-5-6-20-14(11-13)21-15(24)12-3-4-12/h5-6,11-12H,3-4,7-10H2,1-2H3,(H2,19,26)(H,20,21,24). The molecule has 0 radical (unpaired) electrons. The van der Waals surface area contributed by atoms with Crippen LogP contribution in [0.15, 0.2) is 18.3 Å². The smallest absolute Gasteiger partial charge is 0.254 e. The van der Waals surface area contributed by atoms with Gasteiger partial charge in [-0.2, -0.15) is 0 Å². The SMILES string of the molecule is CC(C)(C(N)=O)N1CCN(C(=O)c2ccnc(NC(=O)C3CC3)c2)CC1. The van der Waals surface area contributed by atoms with Crippen molar-refractivity contribution >= 4 is 23.5 Å². The number of nitrogens with two attached hydrogens (primary N) is 1. The Bertz CT molecular complexity index is 721. The molecule has 8 heteroatoms. The van der Waals surface area contributed by atoms with E-state index in [2.05, 4.69) is 10.3 Å². The topological polar surface area (TPSA) is 109 Å². The molecule has 1 aromatic rings. The first-order chi connectivity index (χ1) is 12.3. The van der Waals surface area contributed by atoms with Gasteiger partial charge in [0.2, 0.25) is 11.8 Å². The molecule has 2 aliphatic rings. The number of pyridine rings is 1. The van der Waals surface area contributed by atoms with E-state index in [1.807, 2.05) is 4.90 Å². The first-order valence-electron chi connectivity index (χ1n) is 8.90. The largest absolute Gasteiger partial charge is 0.368 e. The van der Waals surface area contributed by atoms with Crippen LogP contribution >= 0.6 is 0 Å². The van der Waals surface area contributed by atoms with Gasteiger partial charge < -0.3 is 16.0 Å². The van der Waals surface area contributed by atoms with Crippen LogP contribution in [-0.2, 0) is 9.59 Å². The van der Waals surface area contributed by atoms with Crippen LogP contribution in [0.2, 0.25) is 0 Å². The molecule has 1 aliphatic heterocycles. The van der Waals surface area contributed by atoms with Crippen molar-refractivity contribution in [1.29, 1.82) is 0 Å². The average molecular weight is 359 g/mol. The van der Waals surface area contributed by atoms with Crippen LogP contribution in [-0.4, -0.2) is 64.2 Å². The second-order valence-corrected chi connectivity index (χ2v) is 7.40. The molecule has 1 saturated carbocycles. The maximum absolute atomic E-state index is 12.7. The number of amides is 3. The van der Waals surface area contributed by atoms with Crippen molar-refractivity contribution in [2.24, 2.45) is 11.7 Å². The molecule has 3 rings (SSSR count). The fourth-order valence-electron chi connectivity index (χ4n) is 3.01. The molecule has 140 valence electrons. The predicted molar refractivity (Wildman–Crippen MR) is 96.3 cm³/mol. The summed E-state index contributed by atoms with van der Waals surface area (Å²) in [5, 5.41) is 2.76. The number of anilines is 1. The number of hydrogen-bond acceptors (Lipinski definition) is 5. The van der Waals surface area contributed by atoms with E-state index in [-0.39, 0.29) is 23.6 Å². The first-order valence-corrected chi connectivity index (χ1v) is 8.90. The lowest BCUT2D eigenvalue weighted by Gasteiger charge is -2.42. The molecule has 26 heavy (non-hydrogen) atoms. The Kier molecular flexibility index (Phi) is 4.95. The fraction of sp³-hybridized carbons (Fsp3) is 0.556. The van der Waals surface area contributed by atoms with Gasteiger partial charge in [0.25, 0.3) is 5.91 Å². The van der Waals surface area contributed by atoms with E-state index in [0.717, 1.165) is 12.8 Å². The Morgan fingerprint density at radius 3 is 2.42 bits per heavy atom. The highest BCUT2D eigenvalue weighted by Gasteiger charge is 2.35. The lowest BCUT2D eigenvalue weighted by atomic mass is 10.0. The van der Waals surface area contributed by atoms with E-state index >= 15 is 0 Å². The van der Waals surface area contributed by atoms with Crippen LogP contribution in [0.25, 0.3) is 0 Å². The van der Waals surface area contributed by atoms with E-state index in [0.29, 0.717) is 37.6 Å². The van der Waals surface area contributed by atoms with Crippen LogP contribution in [0.5, 0.6) is 0 Å². The number of nitrogens with zero attached hydrogens (tertiary/aromatic N) is 3. The van der Waals surface area contributed by atoms with Crippen molar-refractivity contribution in [2.75, 3.05) is 31.5 Å². The summed E-state index contributed by atoms with van der Waals surface area (Å²) in [6, 6.07) is 3.26. The van der Waals surface area contributed by atoms with Crippen LogP contribution in [0.1, 0.15) is 37.0 Å². The zero-order chi connectivity index (χ0) is 18.9. The van der Waals surface area contributed by atoms with Crippen molar-refractivity contribution < 1.29 is 14.4 Å². The third-order valence-electron chi connectivity index (χ3n) is 5.17. The number of aromatic nitrogens is 1. The molecule has 1 saturated heterocycles. The average Bonchev–Trinajstić information content (AvgIpc) is 3.46. The summed E-state index contributed by atoms with van der Waals surface area (Å²) in [5.74, 6) is -0.0307. The monoisotopic (exact) mass is 359 g/mol. The minimum Gasteiger partial charge on any atom is -0.368 e. The Balaban J connectivity index is 1.61. The summed E-state index contributed by atoms with van der Waals surface area (Å²) in [6.45, 7) is 5.79. The van der Waals surface area contributed by atoms with Gasteiger partial charge in [0.05, 0.1) is 5.54 Å². The van der Waals surface area contributed by atoms with Crippen LogP contribution in [0.3, 0.4) is 0 Å². The number of piperazine rings is 1. The zero-order valence-corrected chi connectivity index (χ0v) is 15.2. The Morgan fingerprint density at radius 1 is 1.19 bits per heavy atom. The minimum atomic E-state index is -0.730. The Hall–Kier alpha value is -2.48. The van der Waals surface area contributed by atoms with Gasteiger partial charge in [0, 0.05) is 43.9 Å². The molecule has 0 aromatic carbocycles. The predicted octanol–water partition coefficient (Wildman–Crippen LogP) is 0.452. The molecule has 8 nitrogen and oxygen atoms in total. The highest BCUT2D eigenvalue weighted by Crippen LogP contribution is 2.30. The minimum absolute atomic E-state index is 0.0376. The molecule has 1 aromatic heterocycles. The molecule has 0 spiro atoms. The molecule has 3 amide bonds. The van der Waals surface area contributed by atoms with Crippen LogP contribution in [0, 0.1) is 5.92 Å². The summed E-state index contributed by atoms with van der Waals surface area (Å²) < 4.78 is 0.